The molecule has 0 fully saturated rings. The maximum atomic E-state index is 12.7. The molecule has 2 rings (SSSR count). The van der Waals surface area contributed by atoms with Crippen LogP contribution in [0.25, 0.3) is 0 Å². The van der Waals surface area contributed by atoms with Gasteiger partial charge in [0.15, 0.2) is 21.3 Å². The largest absolute Gasteiger partial charge is 0.476 e. The summed E-state index contributed by atoms with van der Waals surface area (Å²) in [6.07, 6.45) is 2.26. The number of hydrogen-bond acceptors (Lipinski definition) is 8. The molecule has 28 heavy (non-hydrogen) atoms. The number of thioether (sulfide) groups is 1. The van der Waals surface area contributed by atoms with Gasteiger partial charge in [-0.1, -0.05) is 18.2 Å². The highest BCUT2D eigenvalue weighted by Crippen LogP contribution is 2.39. The van der Waals surface area contributed by atoms with Crippen LogP contribution in [0.1, 0.15) is 16.1 Å². The zero-order chi connectivity index (χ0) is 20.9. The Morgan fingerprint density at radius 1 is 1.25 bits per heavy atom. The quantitative estimate of drug-likeness (QED) is 0.492. The zero-order valence-corrected chi connectivity index (χ0v) is 15.9. The highest BCUT2D eigenvalue weighted by atomic mass is 32.2. The number of sulfone groups is 1. The summed E-state index contributed by atoms with van der Waals surface area (Å²) >= 11 is -0.414. The number of alkyl halides is 3. The summed E-state index contributed by atoms with van der Waals surface area (Å²) in [7, 11) is -2.95. The van der Waals surface area contributed by atoms with Gasteiger partial charge < -0.3 is 5.11 Å². The van der Waals surface area contributed by atoms with E-state index < -0.39 is 50.4 Å². The lowest BCUT2D eigenvalue weighted by atomic mass is 10.2. The minimum Gasteiger partial charge on any atom is -0.476 e. The topological polar surface area (TPSA) is 110 Å². The van der Waals surface area contributed by atoms with Crippen LogP contribution < -0.4 is 5.06 Å². The molecule has 0 saturated carbocycles. The molecule has 2 aromatic rings. The smallest absolute Gasteiger partial charge is 0.446 e. The van der Waals surface area contributed by atoms with E-state index in [4.69, 9.17) is 9.94 Å². The van der Waals surface area contributed by atoms with Gasteiger partial charge in [-0.2, -0.15) is 13.2 Å². The lowest BCUT2D eigenvalue weighted by molar-refractivity contribution is -0.0328. The Morgan fingerprint density at radius 3 is 2.50 bits per heavy atom. The lowest BCUT2D eigenvalue weighted by Gasteiger charge is -2.21. The minimum atomic E-state index is -4.57. The van der Waals surface area contributed by atoms with Gasteiger partial charge in [-0.25, -0.2) is 28.2 Å². The average Bonchev–Trinajstić information content (AvgIpc) is 2.60. The molecule has 1 aromatic carbocycles. The van der Waals surface area contributed by atoms with Crippen molar-refractivity contribution in [3.8, 4) is 0 Å². The number of aromatic carboxylic acids is 1. The van der Waals surface area contributed by atoms with Crippen LogP contribution in [0.3, 0.4) is 0 Å². The van der Waals surface area contributed by atoms with Crippen molar-refractivity contribution in [2.24, 2.45) is 0 Å². The predicted octanol–water partition coefficient (Wildman–Crippen LogP) is 2.73. The van der Waals surface area contributed by atoms with Gasteiger partial charge in [0.25, 0.3) is 0 Å². The van der Waals surface area contributed by atoms with Crippen molar-refractivity contribution in [1.29, 1.82) is 0 Å². The van der Waals surface area contributed by atoms with E-state index in [-0.39, 0.29) is 16.3 Å². The number of hydroxylamine groups is 1. The molecule has 1 heterocycles. The van der Waals surface area contributed by atoms with Gasteiger partial charge in [0.05, 0.1) is 12.9 Å². The molecule has 1 aromatic heterocycles. The summed E-state index contributed by atoms with van der Waals surface area (Å²) in [6, 6.07) is 5.23. The van der Waals surface area contributed by atoms with E-state index >= 15 is 0 Å². The second-order valence-electron chi connectivity index (χ2n) is 5.27. The third-order valence-corrected chi connectivity index (χ3v) is 5.45. The molecule has 0 aliphatic rings. The van der Waals surface area contributed by atoms with Gasteiger partial charge in [-0.05, 0) is 23.4 Å². The molecule has 13 heteroatoms. The van der Waals surface area contributed by atoms with Crippen LogP contribution in [0.15, 0.2) is 41.6 Å². The fourth-order valence-electron chi connectivity index (χ4n) is 2.17. The van der Waals surface area contributed by atoms with Gasteiger partial charge in [0.1, 0.15) is 5.88 Å². The number of carboxylic acid groups (broad SMARTS) is 1. The number of hydrogen-bond donors (Lipinski definition) is 1. The number of carbonyl (C=O) groups is 1. The standard InChI is InChI=1S/C15H14F3N3O5S2/c1-26-21(13-12(14(22)23)19-6-7-20-13)9-28(24,25)8-10-4-2-3-5-11(10)27-15(16,17)18/h2-7H,8-9H2,1H3,(H,22,23). The fourth-order valence-corrected chi connectivity index (χ4v) is 4.33. The number of nitrogens with zero attached hydrogens (tertiary/aromatic N) is 3. The molecular formula is C15H14F3N3O5S2. The maximum Gasteiger partial charge on any atom is 0.446 e. The van der Waals surface area contributed by atoms with Gasteiger partial charge in [-0.3, -0.25) is 4.84 Å². The summed E-state index contributed by atoms with van der Waals surface area (Å²) in [6.45, 7) is 0. The van der Waals surface area contributed by atoms with Crippen molar-refractivity contribution in [3.63, 3.8) is 0 Å². The molecule has 0 aliphatic heterocycles. The van der Waals surface area contributed by atoms with Crippen LogP contribution in [0.4, 0.5) is 19.0 Å². The minimum absolute atomic E-state index is 0.0431. The first kappa shape index (κ1) is 21.9. The molecular weight excluding hydrogens is 423 g/mol. The summed E-state index contributed by atoms with van der Waals surface area (Å²) in [5.41, 5.74) is -5.15. The first-order chi connectivity index (χ1) is 13.0. The molecule has 152 valence electrons. The van der Waals surface area contributed by atoms with Crippen LogP contribution in [-0.4, -0.2) is 48.0 Å². The predicted molar refractivity (Wildman–Crippen MR) is 94.3 cm³/mol. The highest BCUT2D eigenvalue weighted by Gasteiger charge is 2.31. The van der Waals surface area contributed by atoms with Crippen molar-refractivity contribution in [2.45, 2.75) is 16.2 Å². The normalized spacial score (nSPS) is 12.0. The van der Waals surface area contributed by atoms with E-state index in [2.05, 4.69) is 9.97 Å². The van der Waals surface area contributed by atoms with Gasteiger partial charge in [0.2, 0.25) is 0 Å². The molecule has 0 saturated heterocycles. The van der Waals surface area contributed by atoms with Crippen LogP contribution in [-0.2, 0) is 20.4 Å². The van der Waals surface area contributed by atoms with E-state index in [9.17, 15) is 26.4 Å². The van der Waals surface area contributed by atoms with E-state index in [0.717, 1.165) is 19.5 Å². The monoisotopic (exact) mass is 437 g/mol. The Kier molecular flexibility index (Phi) is 6.85. The van der Waals surface area contributed by atoms with Gasteiger partial charge in [0, 0.05) is 17.3 Å². The van der Waals surface area contributed by atoms with Crippen molar-refractivity contribution in [3.05, 3.63) is 47.9 Å². The highest BCUT2D eigenvalue weighted by molar-refractivity contribution is 8.00. The first-order valence-electron chi connectivity index (χ1n) is 7.42. The van der Waals surface area contributed by atoms with Crippen molar-refractivity contribution in [2.75, 3.05) is 18.0 Å². The van der Waals surface area contributed by atoms with E-state index in [0.29, 0.717) is 5.06 Å². The summed E-state index contributed by atoms with van der Waals surface area (Å²) in [4.78, 5) is 23.3. The Hall–Kier alpha value is -2.38. The van der Waals surface area contributed by atoms with E-state index in [1.807, 2.05) is 0 Å². The third kappa shape index (κ3) is 6.07. The SMILES string of the molecule is CON(CS(=O)(=O)Cc1ccccc1SC(F)(F)F)c1nccnc1C(=O)O. The van der Waals surface area contributed by atoms with Gasteiger partial charge in [-0.15, -0.1) is 0 Å². The molecule has 0 atom stereocenters. The molecule has 0 spiro atoms. The van der Waals surface area contributed by atoms with Crippen LogP contribution in [0, 0.1) is 0 Å². The van der Waals surface area contributed by atoms with Crippen molar-refractivity contribution >= 4 is 33.4 Å². The van der Waals surface area contributed by atoms with Gasteiger partial charge >= 0.3 is 11.5 Å². The summed E-state index contributed by atoms with van der Waals surface area (Å²) in [5, 5.41) is 9.84. The van der Waals surface area contributed by atoms with Crippen LogP contribution in [0.2, 0.25) is 0 Å². The summed E-state index contributed by atoms with van der Waals surface area (Å²) in [5.74, 6) is -3.35. The van der Waals surface area contributed by atoms with Crippen molar-refractivity contribution in [1.82, 2.24) is 9.97 Å². The number of carboxylic acids is 1. The van der Waals surface area contributed by atoms with E-state index in [1.165, 1.54) is 24.3 Å². The molecule has 0 bridgehead atoms. The second-order valence-corrected chi connectivity index (χ2v) is 8.41. The molecule has 0 amide bonds. The number of anilines is 1. The number of rotatable bonds is 8. The maximum absolute atomic E-state index is 12.7. The van der Waals surface area contributed by atoms with Crippen LogP contribution in [0.5, 0.6) is 0 Å². The summed E-state index contributed by atoms with van der Waals surface area (Å²) < 4.78 is 63.1. The average molecular weight is 437 g/mol. The molecule has 0 aliphatic carbocycles. The molecule has 8 nitrogen and oxygen atoms in total. The molecule has 0 unspecified atom stereocenters. The Balaban J connectivity index is 2.28. The fraction of sp³-hybridized carbons (Fsp3) is 0.267. The Bertz CT molecular complexity index is 954. The number of aromatic nitrogens is 2. The Labute approximate surface area is 162 Å². The van der Waals surface area contributed by atoms with Crippen LogP contribution >= 0.6 is 11.8 Å². The first-order valence-corrected chi connectivity index (χ1v) is 10.1. The number of benzene rings is 1. The lowest BCUT2D eigenvalue weighted by Crippen LogP contribution is -2.32. The van der Waals surface area contributed by atoms with E-state index in [1.54, 1.807) is 0 Å². The Morgan fingerprint density at radius 2 is 1.89 bits per heavy atom. The third-order valence-electron chi connectivity index (χ3n) is 3.23. The number of halogens is 3. The zero-order valence-electron chi connectivity index (χ0n) is 14.3. The molecule has 0 radical (unpaired) electrons. The molecule has 1 N–H and O–H groups in total. The second kappa shape index (κ2) is 8.75. The van der Waals surface area contributed by atoms with Crippen molar-refractivity contribution < 1.29 is 36.3 Å².